The number of halogens is 4. The van der Waals surface area contributed by atoms with Gasteiger partial charge >= 0.3 is 12.1 Å². The molecule has 0 bridgehead atoms. The van der Waals surface area contributed by atoms with Crippen LogP contribution in [0.4, 0.5) is 13.2 Å². The maximum absolute atomic E-state index is 13.7. The fourth-order valence-corrected chi connectivity index (χ4v) is 3.46. The molecule has 1 amide bonds. The summed E-state index contributed by atoms with van der Waals surface area (Å²) in [6.45, 7) is 1.59. The number of nitrogens with one attached hydrogen (secondary N) is 1. The summed E-state index contributed by atoms with van der Waals surface area (Å²) in [5, 5.41) is 16.0. The third-order valence-corrected chi connectivity index (χ3v) is 5.16. The zero-order chi connectivity index (χ0) is 23.6. The van der Waals surface area contributed by atoms with Gasteiger partial charge in [0.2, 0.25) is 0 Å². The van der Waals surface area contributed by atoms with E-state index in [0.717, 1.165) is 7.05 Å². The topological polar surface area (TPSA) is 84.2 Å². The molecule has 1 heterocycles. The predicted molar refractivity (Wildman–Crippen MR) is 112 cm³/mol. The molecular weight excluding hydrogens is 447 g/mol. The van der Waals surface area contributed by atoms with Gasteiger partial charge in [-0.1, -0.05) is 35.9 Å². The number of nitrogens with zero attached hydrogens (tertiary/aromatic N) is 2. The Morgan fingerprint density at radius 3 is 2.25 bits per heavy atom. The molecule has 6 nitrogen and oxygen atoms in total. The maximum atomic E-state index is 13.7. The largest absolute Gasteiger partial charge is 0.478 e. The van der Waals surface area contributed by atoms with E-state index in [4.69, 9.17) is 16.7 Å². The van der Waals surface area contributed by atoms with Crippen molar-refractivity contribution < 1.29 is 27.9 Å². The van der Waals surface area contributed by atoms with Gasteiger partial charge in [0.05, 0.1) is 22.9 Å². The van der Waals surface area contributed by atoms with E-state index in [0.29, 0.717) is 20.8 Å². The zero-order valence-electron chi connectivity index (χ0n) is 17.1. The number of carboxylic acids is 1. The molecule has 0 saturated heterocycles. The van der Waals surface area contributed by atoms with Gasteiger partial charge in [0, 0.05) is 18.5 Å². The van der Waals surface area contributed by atoms with Gasteiger partial charge in [-0.15, -0.1) is 0 Å². The van der Waals surface area contributed by atoms with Crippen molar-refractivity contribution in [1.29, 1.82) is 0 Å². The molecule has 32 heavy (non-hydrogen) atoms. The van der Waals surface area contributed by atoms with Gasteiger partial charge in [-0.05, 0) is 42.3 Å². The highest BCUT2D eigenvalue weighted by Gasteiger charge is 2.41. The standard InChI is InChI=1S/C22H19ClF3N3O3/c1-12(14-5-7-15(8-6-14)21(31)32)27-20(30)18-17(11-13-3-9-16(23)10-4-13)28-29(2)19(18)22(24,25)26/h3-10,12H,11H2,1-2H3,(H,27,30)(H,31,32)/t12-/m0/s1. The third kappa shape index (κ3) is 5.11. The van der Waals surface area contributed by atoms with Crippen LogP contribution in [0.3, 0.4) is 0 Å². The van der Waals surface area contributed by atoms with Gasteiger partial charge in [-0.25, -0.2) is 4.79 Å². The van der Waals surface area contributed by atoms with Crippen molar-refractivity contribution >= 4 is 23.5 Å². The first kappa shape index (κ1) is 23.3. The Hall–Kier alpha value is -3.33. The summed E-state index contributed by atoms with van der Waals surface area (Å²) in [6.07, 6.45) is -4.79. The summed E-state index contributed by atoms with van der Waals surface area (Å²) < 4.78 is 41.9. The lowest BCUT2D eigenvalue weighted by Crippen LogP contribution is -2.29. The minimum absolute atomic E-state index is 0.00549. The molecule has 0 fully saturated rings. The van der Waals surface area contributed by atoms with Crippen LogP contribution in [-0.2, 0) is 19.6 Å². The maximum Gasteiger partial charge on any atom is 0.433 e. The number of rotatable bonds is 6. The van der Waals surface area contributed by atoms with E-state index < -0.39 is 35.4 Å². The van der Waals surface area contributed by atoms with Crippen molar-refractivity contribution in [2.75, 3.05) is 0 Å². The molecule has 0 unspecified atom stereocenters. The van der Waals surface area contributed by atoms with E-state index >= 15 is 0 Å². The van der Waals surface area contributed by atoms with E-state index in [1.807, 2.05) is 0 Å². The van der Waals surface area contributed by atoms with Gasteiger partial charge in [0.15, 0.2) is 5.69 Å². The fourth-order valence-electron chi connectivity index (χ4n) is 3.33. The Labute approximate surface area is 186 Å². The molecule has 0 radical (unpaired) electrons. The predicted octanol–water partition coefficient (Wildman–Crippen LogP) is 4.87. The van der Waals surface area contributed by atoms with Gasteiger partial charge in [-0.3, -0.25) is 9.48 Å². The first-order chi connectivity index (χ1) is 15.0. The van der Waals surface area contributed by atoms with E-state index in [9.17, 15) is 22.8 Å². The van der Waals surface area contributed by atoms with Crippen molar-refractivity contribution in [1.82, 2.24) is 15.1 Å². The number of aromatic carboxylic acids is 1. The van der Waals surface area contributed by atoms with Crippen LogP contribution in [0.5, 0.6) is 0 Å². The highest BCUT2D eigenvalue weighted by atomic mass is 35.5. The van der Waals surface area contributed by atoms with Crippen LogP contribution in [0.15, 0.2) is 48.5 Å². The number of aryl methyl sites for hydroxylation is 1. The van der Waals surface area contributed by atoms with E-state index in [2.05, 4.69) is 10.4 Å². The first-order valence-electron chi connectivity index (χ1n) is 9.49. The lowest BCUT2D eigenvalue weighted by molar-refractivity contribution is -0.144. The average molecular weight is 466 g/mol. The van der Waals surface area contributed by atoms with Crippen LogP contribution in [0.1, 0.15) is 56.2 Å². The second-order valence-electron chi connectivity index (χ2n) is 7.22. The number of benzene rings is 2. The van der Waals surface area contributed by atoms with Crippen LogP contribution < -0.4 is 5.32 Å². The van der Waals surface area contributed by atoms with Crippen molar-refractivity contribution in [2.45, 2.75) is 25.6 Å². The molecule has 168 valence electrons. The summed E-state index contributed by atoms with van der Waals surface area (Å²) in [6, 6.07) is 11.6. The average Bonchev–Trinajstić information content (AvgIpc) is 3.06. The van der Waals surface area contributed by atoms with E-state index in [1.54, 1.807) is 31.2 Å². The second kappa shape index (κ2) is 9.04. The molecule has 0 aliphatic carbocycles. The van der Waals surface area contributed by atoms with Crippen molar-refractivity contribution in [3.8, 4) is 0 Å². The number of aromatic nitrogens is 2. The molecule has 2 aromatic carbocycles. The summed E-state index contributed by atoms with van der Waals surface area (Å²) in [5.41, 5.74) is -0.471. The Balaban J connectivity index is 1.93. The Morgan fingerprint density at radius 2 is 1.72 bits per heavy atom. The lowest BCUT2D eigenvalue weighted by Gasteiger charge is -2.16. The van der Waals surface area contributed by atoms with Crippen LogP contribution in [0.25, 0.3) is 0 Å². The number of amides is 1. The smallest absolute Gasteiger partial charge is 0.433 e. The van der Waals surface area contributed by atoms with Crippen molar-refractivity contribution in [3.05, 3.63) is 87.2 Å². The Bertz CT molecular complexity index is 1140. The van der Waals surface area contributed by atoms with Gasteiger partial charge < -0.3 is 10.4 Å². The highest BCUT2D eigenvalue weighted by molar-refractivity contribution is 6.30. The molecule has 0 aliphatic heterocycles. The van der Waals surface area contributed by atoms with Crippen LogP contribution in [0, 0.1) is 0 Å². The quantitative estimate of drug-likeness (QED) is 0.544. The summed E-state index contributed by atoms with van der Waals surface area (Å²) in [7, 11) is 1.14. The Morgan fingerprint density at radius 1 is 1.12 bits per heavy atom. The van der Waals surface area contributed by atoms with Crippen molar-refractivity contribution in [3.63, 3.8) is 0 Å². The van der Waals surface area contributed by atoms with Crippen LogP contribution >= 0.6 is 11.6 Å². The summed E-state index contributed by atoms with van der Waals surface area (Å²) in [5.74, 6) is -2.03. The fraction of sp³-hybridized carbons (Fsp3) is 0.227. The van der Waals surface area contributed by atoms with Gasteiger partial charge in [0.25, 0.3) is 5.91 Å². The van der Waals surface area contributed by atoms with Gasteiger partial charge in [-0.2, -0.15) is 18.3 Å². The normalized spacial score (nSPS) is 12.4. The summed E-state index contributed by atoms with van der Waals surface area (Å²) >= 11 is 5.86. The third-order valence-electron chi connectivity index (χ3n) is 4.91. The minimum Gasteiger partial charge on any atom is -0.478 e. The minimum atomic E-state index is -4.79. The van der Waals surface area contributed by atoms with E-state index in [1.165, 1.54) is 24.3 Å². The number of carbonyl (C=O) groups is 2. The SMILES string of the molecule is C[C@H](NC(=O)c1c(Cc2ccc(Cl)cc2)nn(C)c1C(F)(F)F)c1ccc(C(=O)O)cc1. The van der Waals surface area contributed by atoms with Crippen LogP contribution in [-0.4, -0.2) is 26.8 Å². The highest BCUT2D eigenvalue weighted by Crippen LogP contribution is 2.34. The zero-order valence-corrected chi connectivity index (χ0v) is 17.8. The van der Waals surface area contributed by atoms with Gasteiger partial charge in [0.1, 0.15) is 0 Å². The number of carboxylic acid groups (broad SMARTS) is 1. The molecular formula is C22H19ClF3N3O3. The van der Waals surface area contributed by atoms with Crippen LogP contribution in [0.2, 0.25) is 5.02 Å². The molecule has 10 heteroatoms. The molecule has 1 atom stereocenters. The molecule has 0 saturated carbocycles. The molecule has 3 rings (SSSR count). The molecule has 1 aromatic heterocycles. The first-order valence-corrected chi connectivity index (χ1v) is 9.86. The lowest BCUT2D eigenvalue weighted by atomic mass is 10.0. The number of carbonyl (C=O) groups excluding carboxylic acids is 1. The monoisotopic (exact) mass is 465 g/mol. The van der Waals surface area contributed by atoms with E-state index in [-0.39, 0.29) is 17.7 Å². The number of hydrogen-bond acceptors (Lipinski definition) is 3. The molecule has 3 aromatic rings. The second-order valence-corrected chi connectivity index (χ2v) is 7.65. The van der Waals surface area contributed by atoms with Crippen molar-refractivity contribution in [2.24, 2.45) is 7.05 Å². The number of hydrogen-bond donors (Lipinski definition) is 2. The summed E-state index contributed by atoms with van der Waals surface area (Å²) in [4.78, 5) is 24.0. The molecule has 2 N–H and O–H groups in total. The molecule has 0 aliphatic rings. The number of alkyl halides is 3. The molecule has 0 spiro atoms. The Kier molecular flexibility index (Phi) is 6.59.